The summed E-state index contributed by atoms with van der Waals surface area (Å²) < 4.78 is 5.04. The zero-order chi connectivity index (χ0) is 14.4. The van der Waals surface area contributed by atoms with E-state index in [9.17, 15) is 4.79 Å². The quantitative estimate of drug-likeness (QED) is 0.757. The summed E-state index contributed by atoms with van der Waals surface area (Å²) in [6.45, 7) is 1.79. The highest BCUT2D eigenvalue weighted by atomic mass is 16.5. The molecule has 1 aliphatic heterocycles. The van der Waals surface area contributed by atoms with Gasteiger partial charge in [-0.3, -0.25) is 4.79 Å². The van der Waals surface area contributed by atoms with Crippen LogP contribution in [-0.4, -0.2) is 54.8 Å². The lowest BCUT2D eigenvalue weighted by atomic mass is 10.1. The number of nitrogens with one attached hydrogen (secondary N) is 1. The molecule has 0 aromatic carbocycles. The molecule has 0 saturated carbocycles. The van der Waals surface area contributed by atoms with Gasteiger partial charge in [0.25, 0.3) is 5.91 Å². The average Bonchev–Trinajstić information content (AvgIpc) is 2.49. The van der Waals surface area contributed by atoms with Crippen molar-refractivity contribution in [2.24, 2.45) is 5.73 Å². The van der Waals surface area contributed by atoms with Crippen molar-refractivity contribution in [3.8, 4) is 0 Å². The van der Waals surface area contributed by atoms with Crippen LogP contribution >= 0.6 is 0 Å². The number of hydrogen-bond acceptors (Lipinski definition) is 6. The molecule has 2 unspecified atom stereocenters. The number of nitrogens with zero attached hydrogens (tertiary/aromatic N) is 3. The fourth-order valence-corrected chi connectivity index (χ4v) is 2.34. The van der Waals surface area contributed by atoms with Crippen molar-refractivity contribution in [1.29, 1.82) is 0 Å². The molecule has 0 spiro atoms. The molecule has 1 saturated heterocycles. The molecule has 2 heterocycles. The Balaban J connectivity index is 1.92. The van der Waals surface area contributed by atoms with E-state index in [2.05, 4.69) is 20.2 Å². The Morgan fingerprint density at radius 1 is 1.60 bits per heavy atom. The Morgan fingerprint density at radius 3 is 3.00 bits per heavy atom. The van der Waals surface area contributed by atoms with Crippen LogP contribution in [0.15, 0.2) is 18.5 Å². The molecule has 2 atom stereocenters. The SMILES string of the molecule is COC(CN)C(=O)NC1CCCN(c2ncccn2)C1. The minimum atomic E-state index is -0.585. The first-order chi connectivity index (χ1) is 9.74. The van der Waals surface area contributed by atoms with Gasteiger partial charge in [-0.25, -0.2) is 9.97 Å². The first-order valence-electron chi connectivity index (χ1n) is 6.79. The smallest absolute Gasteiger partial charge is 0.250 e. The van der Waals surface area contributed by atoms with Crippen molar-refractivity contribution in [2.75, 3.05) is 31.6 Å². The van der Waals surface area contributed by atoms with Gasteiger partial charge in [-0.1, -0.05) is 0 Å². The fraction of sp³-hybridized carbons (Fsp3) is 0.615. The number of hydrogen-bond donors (Lipinski definition) is 2. The highest BCUT2D eigenvalue weighted by molar-refractivity contribution is 5.81. The third kappa shape index (κ3) is 3.64. The van der Waals surface area contributed by atoms with Gasteiger partial charge in [0.1, 0.15) is 6.10 Å². The zero-order valence-electron chi connectivity index (χ0n) is 11.7. The third-order valence-corrected chi connectivity index (χ3v) is 3.39. The Kier molecular flexibility index (Phi) is 5.25. The summed E-state index contributed by atoms with van der Waals surface area (Å²) >= 11 is 0. The van der Waals surface area contributed by atoms with E-state index in [-0.39, 0.29) is 18.5 Å². The van der Waals surface area contributed by atoms with Gasteiger partial charge < -0.3 is 20.7 Å². The molecule has 20 heavy (non-hydrogen) atoms. The van der Waals surface area contributed by atoms with Gasteiger partial charge in [0.2, 0.25) is 5.95 Å². The lowest BCUT2D eigenvalue weighted by molar-refractivity contribution is -0.131. The first kappa shape index (κ1) is 14.7. The largest absolute Gasteiger partial charge is 0.370 e. The second kappa shape index (κ2) is 7.16. The predicted molar refractivity (Wildman–Crippen MR) is 75.3 cm³/mol. The molecule has 1 aliphatic rings. The topological polar surface area (TPSA) is 93.4 Å². The summed E-state index contributed by atoms with van der Waals surface area (Å²) in [6, 6.07) is 1.86. The van der Waals surface area contributed by atoms with Crippen molar-refractivity contribution in [1.82, 2.24) is 15.3 Å². The summed E-state index contributed by atoms with van der Waals surface area (Å²) in [5, 5.41) is 2.98. The molecule has 3 N–H and O–H groups in total. The van der Waals surface area contributed by atoms with Crippen LogP contribution < -0.4 is 16.0 Å². The van der Waals surface area contributed by atoms with E-state index in [0.717, 1.165) is 19.4 Å². The lowest BCUT2D eigenvalue weighted by Gasteiger charge is -2.33. The van der Waals surface area contributed by atoms with Crippen LogP contribution in [0.2, 0.25) is 0 Å². The third-order valence-electron chi connectivity index (χ3n) is 3.39. The second-order valence-electron chi connectivity index (χ2n) is 4.80. The second-order valence-corrected chi connectivity index (χ2v) is 4.80. The molecule has 7 nitrogen and oxygen atoms in total. The van der Waals surface area contributed by atoms with Crippen molar-refractivity contribution < 1.29 is 9.53 Å². The highest BCUT2D eigenvalue weighted by Gasteiger charge is 2.25. The van der Waals surface area contributed by atoms with Gasteiger partial charge in [0.15, 0.2) is 0 Å². The van der Waals surface area contributed by atoms with Crippen LogP contribution in [0.4, 0.5) is 5.95 Å². The minimum Gasteiger partial charge on any atom is -0.370 e. The first-order valence-corrected chi connectivity index (χ1v) is 6.79. The van der Waals surface area contributed by atoms with Gasteiger partial charge in [0.05, 0.1) is 0 Å². The summed E-state index contributed by atoms with van der Waals surface area (Å²) in [6.07, 6.45) is 4.79. The van der Waals surface area contributed by atoms with Crippen LogP contribution in [0, 0.1) is 0 Å². The summed E-state index contributed by atoms with van der Waals surface area (Å²) in [5.74, 6) is 0.546. The number of piperidine rings is 1. The molecule has 2 rings (SSSR count). The number of carbonyl (C=O) groups is 1. The Labute approximate surface area is 118 Å². The highest BCUT2D eigenvalue weighted by Crippen LogP contribution is 2.15. The van der Waals surface area contributed by atoms with Crippen LogP contribution in [0.5, 0.6) is 0 Å². The summed E-state index contributed by atoms with van der Waals surface area (Å²) in [4.78, 5) is 22.5. The molecular weight excluding hydrogens is 258 g/mol. The molecule has 1 amide bonds. The number of rotatable bonds is 5. The number of amides is 1. The Bertz CT molecular complexity index is 424. The van der Waals surface area contributed by atoms with Crippen molar-refractivity contribution in [3.63, 3.8) is 0 Å². The molecule has 0 aliphatic carbocycles. The van der Waals surface area contributed by atoms with E-state index < -0.39 is 6.10 Å². The van der Waals surface area contributed by atoms with Crippen LogP contribution in [0.1, 0.15) is 12.8 Å². The number of anilines is 1. The molecule has 1 fully saturated rings. The van der Waals surface area contributed by atoms with E-state index in [1.165, 1.54) is 7.11 Å². The maximum Gasteiger partial charge on any atom is 0.250 e. The maximum atomic E-state index is 12.0. The van der Waals surface area contributed by atoms with Crippen LogP contribution in [0.3, 0.4) is 0 Å². The molecule has 0 bridgehead atoms. The van der Waals surface area contributed by atoms with E-state index in [1.54, 1.807) is 18.5 Å². The Hall–Kier alpha value is -1.73. The molecule has 110 valence electrons. The minimum absolute atomic E-state index is 0.0734. The monoisotopic (exact) mass is 279 g/mol. The number of nitrogens with two attached hydrogens (primary N) is 1. The van der Waals surface area contributed by atoms with E-state index in [0.29, 0.717) is 12.5 Å². The number of carbonyl (C=O) groups excluding carboxylic acids is 1. The van der Waals surface area contributed by atoms with Crippen LogP contribution in [-0.2, 0) is 9.53 Å². The van der Waals surface area contributed by atoms with Gasteiger partial charge >= 0.3 is 0 Å². The van der Waals surface area contributed by atoms with Gasteiger partial charge in [-0.15, -0.1) is 0 Å². The van der Waals surface area contributed by atoms with E-state index in [1.807, 2.05) is 0 Å². The van der Waals surface area contributed by atoms with Crippen molar-refractivity contribution >= 4 is 11.9 Å². The van der Waals surface area contributed by atoms with Gasteiger partial charge in [-0.2, -0.15) is 0 Å². The van der Waals surface area contributed by atoms with E-state index in [4.69, 9.17) is 10.5 Å². The molecular formula is C13H21N5O2. The predicted octanol–water partition coefficient (Wildman–Crippen LogP) is -0.465. The zero-order valence-corrected chi connectivity index (χ0v) is 11.7. The summed E-state index contributed by atoms with van der Waals surface area (Å²) in [7, 11) is 1.49. The van der Waals surface area contributed by atoms with Crippen LogP contribution in [0.25, 0.3) is 0 Å². The van der Waals surface area contributed by atoms with E-state index >= 15 is 0 Å². The summed E-state index contributed by atoms with van der Waals surface area (Å²) in [5.41, 5.74) is 5.49. The van der Waals surface area contributed by atoms with Gasteiger partial charge in [0, 0.05) is 45.2 Å². The fourth-order valence-electron chi connectivity index (χ4n) is 2.34. The number of aromatic nitrogens is 2. The molecule has 0 radical (unpaired) electrons. The maximum absolute atomic E-state index is 12.0. The van der Waals surface area contributed by atoms with Crippen molar-refractivity contribution in [2.45, 2.75) is 25.0 Å². The molecule has 1 aromatic rings. The number of ether oxygens (including phenoxy) is 1. The Morgan fingerprint density at radius 2 is 2.35 bits per heavy atom. The molecule has 1 aromatic heterocycles. The lowest BCUT2D eigenvalue weighted by Crippen LogP contribution is -2.52. The average molecular weight is 279 g/mol. The standard InChI is InChI=1S/C13H21N5O2/c1-20-11(8-14)12(19)17-10-4-2-7-18(9-10)13-15-5-3-6-16-13/h3,5-6,10-11H,2,4,7-9,14H2,1H3,(H,17,19). The van der Waals surface area contributed by atoms with Gasteiger partial charge in [-0.05, 0) is 18.9 Å². The van der Waals surface area contributed by atoms with Crippen molar-refractivity contribution in [3.05, 3.63) is 18.5 Å². The normalized spacial score (nSPS) is 20.5. The molecule has 7 heteroatoms. The number of methoxy groups -OCH3 is 1.